The van der Waals surface area contributed by atoms with E-state index in [0.717, 1.165) is 19.3 Å². The lowest BCUT2D eigenvalue weighted by atomic mass is 10.3. The molecule has 1 N–H and O–H groups in total. The predicted molar refractivity (Wildman–Crippen MR) is 49.2 cm³/mol. The van der Waals surface area contributed by atoms with Crippen molar-refractivity contribution in [3.05, 3.63) is 0 Å². The molecule has 0 aromatic rings. The molecule has 1 heterocycles. The van der Waals surface area contributed by atoms with E-state index in [4.69, 9.17) is 0 Å². The van der Waals surface area contributed by atoms with Crippen LogP contribution in [0, 0.1) is 0 Å². The fourth-order valence-corrected chi connectivity index (χ4v) is 1.86. The van der Waals surface area contributed by atoms with Crippen molar-refractivity contribution in [3.8, 4) is 0 Å². The van der Waals surface area contributed by atoms with Crippen LogP contribution in [0.3, 0.4) is 0 Å². The Kier molecular flexibility index (Phi) is 3.27. The highest BCUT2D eigenvalue weighted by Gasteiger charge is 2.19. The highest BCUT2D eigenvalue weighted by Crippen LogP contribution is 1.95. The summed E-state index contributed by atoms with van der Waals surface area (Å²) < 4.78 is 21.6. The van der Waals surface area contributed by atoms with Gasteiger partial charge in [0.1, 0.15) is 5.75 Å². The zero-order valence-corrected chi connectivity index (χ0v) is 8.43. The van der Waals surface area contributed by atoms with E-state index in [9.17, 15) is 13.2 Å². The molecule has 76 valence electrons. The number of nitrogens with one attached hydrogen (secondary N) is 1. The van der Waals surface area contributed by atoms with Crippen molar-refractivity contribution in [3.63, 3.8) is 0 Å². The molecule has 0 atom stereocenters. The van der Waals surface area contributed by atoms with Crippen molar-refractivity contribution in [1.29, 1.82) is 0 Å². The normalized spacial score (nSPS) is 18.7. The first-order valence-electron chi connectivity index (χ1n) is 4.15. The molecule has 0 aromatic heterocycles. The maximum absolute atomic E-state index is 11.3. The van der Waals surface area contributed by atoms with E-state index in [2.05, 4.69) is 5.32 Å². The van der Waals surface area contributed by atoms with Gasteiger partial charge >= 0.3 is 0 Å². The van der Waals surface area contributed by atoms with Crippen LogP contribution in [-0.2, 0) is 14.6 Å². The predicted octanol–water partition coefficient (Wildman–Crippen LogP) is -1.54. The van der Waals surface area contributed by atoms with Gasteiger partial charge in [0.25, 0.3) is 0 Å². The first kappa shape index (κ1) is 10.5. The molecule has 0 saturated carbocycles. The molecule has 0 aromatic carbocycles. The molecule has 0 bridgehead atoms. The van der Waals surface area contributed by atoms with Crippen LogP contribution in [0.25, 0.3) is 0 Å². The van der Waals surface area contributed by atoms with Crippen LogP contribution >= 0.6 is 0 Å². The third kappa shape index (κ3) is 3.73. The minimum atomic E-state index is -3.18. The monoisotopic (exact) mass is 206 g/mol. The lowest BCUT2D eigenvalue weighted by molar-refractivity contribution is -0.128. The molecular formula is C7H14N2O3S. The summed E-state index contributed by atoms with van der Waals surface area (Å²) in [5.74, 6) is -0.656. The highest BCUT2D eigenvalue weighted by atomic mass is 32.2. The first-order valence-corrected chi connectivity index (χ1v) is 6.21. The average Bonchev–Trinajstić information content (AvgIpc) is 2.03. The van der Waals surface area contributed by atoms with Crippen molar-refractivity contribution < 1.29 is 13.2 Å². The molecule has 1 aliphatic rings. The number of rotatable bonds is 2. The SMILES string of the molecule is CS(=O)(=O)CC(=O)N1CCNCC1. The second-order valence-corrected chi connectivity index (χ2v) is 5.34. The van der Waals surface area contributed by atoms with Gasteiger partial charge in [0.05, 0.1) is 0 Å². The van der Waals surface area contributed by atoms with Crippen LogP contribution in [0.15, 0.2) is 0 Å². The van der Waals surface area contributed by atoms with Gasteiger partial charge in [-0.3, -0.25) is 4.79 Å². The Morgan fingerprint density at radius 1 is 1.38 bits per heavy atom. The van der Waals surface area contributed by atoms with E-state index in [1.807, 2.05) is 0 Å². The maximum atomic E-state index is 11.3. The largest absolute Gasteiger partial charge is 0.339 e. The lowest BCUT2D eigenvalue weighted by Gasteiger charge is -2.27. The molecule has 0 radical (unpaired) electrons. The van der Waals surface area contributed by atoms with Gasteiger partial charge in [-0.25, -0.2) is 8.42 Å². The summed E-state index contributed by atoms with van der Waals surface area (Å²) in [6.07, 6.45) is 1.08. The van der Waals surface area contributed by atoms with Gasteiger partial charge in [-0.05, 0) is 0 Å². The van der Waals surface area contributed by atoms with Crippen molar-refractivity contribution >= 4 is 15.7 Å². The number of carbonyl (C=O) groups excluding carboxylic acids is 1. The molecule has 1 saturated heterocycles. The average molecular weight is 206 g/mol. The Hall–Kier alpha value is -0.620. The third-order valence-corrected chi connectivity index (χ3v) is 2.63. The standard InChI is InChI=1S/C7H14N2O3S/c1-13(11,12)6-7(10)9-4-2-8-3-5-9/h8H,2-6H2,1H3. The van der Waals surface area contributed by atoms with Gasteiger partial charge in [-0.15, -0.1) is 0 Å². The summed E-state index contributed by atoms with van der Waals surface area (Å²) in [5, 5.41) is 3.09. The van der Waals surface area contributed by atoms with Gasteiger partial charge in [0.2, 0.25) is 5.91 Å². The lowest BCUT2D eigenvalue weighted by Crippen LogP contribution is -2.48. The van der Waals surface area contributed by atoms with Crippen LogP contribution in [0.1, 0.15) is 0 Å². The Morgan fingerprint density at radius 3 is 2.38 bits per heavy atom. The Labute approximate surface area is 78.0 Å². The zero-order valence-electron chi connectivity index (χ0n) is 7.62. The van der Waals surface area contributed by atoms with Crippen molar-refractivity contribution in [2.45, 2.75) is 0 Å². The van der Waals surface area contributed by atoms with E-state index >= 15 is 0 Å². The summed E-state index contributed by atoms with van der Waals surface area (Å²) in [7, 11) is -3.18. The van der Waals surface area contributed by atoms with E-state index in [0.29, 0.717) is 13.1 Å². The van der Waals surface area contributed by atoms with Crippen LogP contribution in [0.4, 0.5) is 0 Å². The summed E-state index contributed by atoms with van der Waals surface area (Å²) >= 11 is 0. The van der Waals surface area contributed by atoms with E-state index in [-0.39, 0.29) is 11.7 Å². The topological polar surface area (TPSA) is 66.5 Å². The molecule has 1 fully saturated rings. The number of sulfone groups is 1. The van der Waals surface area contributed by atoms with Crippen LogP contribution in [0.2, 0.25) is 0 Å². The zero-order chi connectivity index (χ0) is 9.90. The highest BCUT2D eigenvalue weighted by molar-refractivity contribution is 7.91. The number of hydrogen-bond donors (Lipinski definition) is 1. The molecule has 13 heavy (non-hydrogen) atoms. The summed E-state index contributed by atoms with van der Waals surface area (Å²) in [4.78, 5) is 12.9. The quantitative estimate of drug-likeness (QED) is 0.595. The molecule has 0 unspecified atom stereocenters. The molecule has 0 aliphatic carbocycles. The number of amides is 1. The first-order chi connectivity index (χ1) is 5.99. The number of nitrogens with zero attached hydrogens (tertiary/aromatic N) is 1. The van der Waals surface area contributed by atoms with Gasteiger partial charge in [0.15, 0.2) is 9.84 Å². The van der Waals surface area contributed by atoms with Crippen LogP contribution in [-0.4, -0.2) is 57.4 Å². The van der Waals surface area contributed by atoms with Gasteiger partial charge < -0.3 is 10.2 Å². The van der Waals surface area contributed by atoms with Gasteiger partial charge in [-0.2, -0.15) is 0 Å². The van der Waals surface area contributed by atoms with Gasteiger partial charge in [-0.1, -0.05) is 0 Å². The molecule has 0 spiro atoms. The summed E-state index contributed by atoms with van der Waals surface area (Å²) in [5.41, 5.74) is 0. The Balaban J connectivity index is 2.47. The molecule has 1 rings (SSSR count). The summed E-state index contributed by atoms with van der Waals surface area (Å²) in [6.45, 7) is 2.70. The fraction of sp³-hybridized carbons (Fsp3) is 0.857. The smallest absolute Gasteiger partial charge is 0.237 e. The maximum Gasteiger partial charge on any atom is 0.237 e. The molecule has 1 aliphatic heterocycles. The summed E-state index contributed by atoms with van der Waals surface area (Å²) in [6, 6.07) is 0. The van der Waals surface area contributed by atoms with Crippen molar-refractivity contribution in [1.82, 2.24) is 10.2 Å². The van der Waals surface area contributed by atoms with Crippen molar-refractivity contribution in [2.24, 2.45) is 0 Å². The minimum Gasteiger partial charge on any atom is -0.339 e. The van der Waals surface area contributed by atoms with Crippen LogP contribution in [0.5, 0.6) is 0 Å². The Bertz CT molecular complexity index is 280. The van der Waals surface area contributed by atoms with Gasteiger partial charge in [0, 0.05) is 32.4 Å². The molecule has 6 heteroatoms. The second kappa shape index (κ2) is 4.06. The number of hydrogen-bond acceptors (Lipinski definition) is 4. The van der Waals surface area contributed by atoms with E-state index in [1.165, 1.54) is 0 Å². The molecular weight excluding hydrogens is 192 g/mol. The van der Waals surface area contributed by atoms with E-state index in [1.54, 1.807) is 4.90 Å². The van der Waals surface area contributed by atoms with Crippen LogP contribution < -0.4 is 5.32 Å². The van der Waals surface area contributed by atoms with Crippen molar-refractivity contribution in [2.75, 3.05) is 38.2 Å². The third-order valence-electron chi connectivity index (χ3n) is 1.86. The van der Waals surface area contributed by atoms with E-state index < -0.39 is 9.84 Å². The number of carbonyl (C=O) groups is 1. The molecule has 1 amide bonds. The second-order valence-electron chi connectivity index (χ2n) is 3.20. The fourth-order valence-electron chi connectivity index (χ4n) is 1.23. The minimum absolute atomic E-state index is 0.288. The number of piperazine rings is 1. The molecule has 5 nitrogen and oxygen atoms in total. The Morgan fingerprint density at radius 2 is 1.92 bits per heavy atom.